The Labute approximate surface area is 254 Å². The van der Waals surface area contributed by atoms with Crippen LogP contribution in [0.15, 0.2) is 72.9 Å². The molecule has 2 fully saturated rings. The van der Waals surface area contributed by atoms with Crippen LogP contribution in [0.5, 0.6) is 11.5 Å². The quantitative estimate of drug-likeness (QED) is 0.101. The Kier molecular flexibility index (Phi) is 9.18. The smallest absolute Gasteiger partial charge is 0.415 e. The first kappa shape index (κ1) is 29.9. The SMILES string of the molecule is O=P(COCC[C@H]1O[C@@H](n2ccc3c(NC4CCCC4)nc(Cl)nc32)[C@H](O)[C@@H]1O)(Oc1ccccc1)Oc1ccccc1. The molecule has 228 valence electrons. The first-order valence-electron chi connectivity index (χ1n) is 14.4. The number of hydrogen-bond acceptors (Lipinski definition) is 10. The summed E-state index contributed by atoms with van der Waals surface area (Å²) in [5.74, 6) is 1.41. The van der Waals surface area contributed by atoms with Crippen LogP contribution in [0, 0.1) is 0 Å². The molecule has 4 aromatic rings. The molecule has 0 spiro atoms. The zero-order valence-corrected chi connectivity index (χ0v) is 25.0. The number of anilines is 1. The van der Waals surface area contributed by atoms with Gasteiger partial charge >= 0.3 is 7.60 Å². The molecule has 0 radical (unpaired) electrons. The molecule has 2 aromatic heterocycles. The first-order chi connectivity index (χ1) is 20.9. The average molecular weight is 629 g/mol. The summed E-state index contributed by atoms with van der Waals surface area (Å²) in [5, 5.41) is 26.1. The van der Waals surface area contributed by atoms with Crippen LogP contribution in [0.25, 0.3) is 11.0 Å². The van der Waals surface area contributed by atoms with Crippen LogP contribution >= 0.6 is 19.2 Å². The van der Waals surface area contributed by atoms with Gasteiger partial charge in [-0.05, 0) is 61.2 Å². The fourth-order valence-electron chi connectivity index (χ4n) is 5.51. The minimum Gasteiger partial charge on any atom is -0.415 e. The van der Waals surface area contributed by atoms with Gasteiger partial charge < -0.3 is 38.6 Å². The number of benzene rings is 2. The van der Waals surface area contributed by atoms with Gasteiger partial charge in [0.05, 0.1) is 18.1 Å². The summed E-state index contributed by atoms with van der Waals surface area (Å²) < 4.78 is 38.6. The number of nitrogens with one attached hydrogen (secondary N) is 1. The third-order valence-electron chi connectivity index (χ3n) is 7.62. The highest BCUT2D eigenvalue weighted by Gasteiger charge is 2.44. The topological polar surface area (TPSA) is 137 Å². The molecule has 2 aromatic carbocycles. The molecule has 13 heteroatoms. The van der Waals surface area contributed by atoms with E-state index < -0.39 is 32.1 Å². The summed E-state index contributed by atoms with van der Waals surface area (Å²) in [4.78, 5) is 8.79. The number of aromatic nitrogens is 3. The van der Waals surface area contributed by atoms with Gasteiger partial charge in [0.2, 0.25) is 5.28 Å². The van der Waals surface area contributed by atoms with E-state index in [1.807, 2.05) is 18.2 Å². The van der Waals surface area contributed by atoms with Gasteiger partial charge in [0.15, 0.2) is 12.6 Å². The van der Waals surface area contributed by atoms with Crippen molar-refractivity contribution in [3.05, 3.63) is 78.2 Å². The number of hydrogen-bond donors (Lipinski definition) is 3. The highest BCUT2D eigenvalue weighted by Crippen LogP contribution is 2.48. The van der Waals surface area contributed by atoms with E-state index in [0.29, 0.717) is 29.0 Å². The maximum Gasteiger partial charge on any atom is 0.456 e. The Balaban J connectivity index is 1.10. The van der Waals surface area contributed by atoms with Gasteiger partial charge in [-0.1, -0.05) is 49.2 Å². The number of fused-ring (bicyclic) bond motifs is 1. The molecule has 11 nitrogen and oxygen atoms in total. The Morgan fingerprint density at radius 2 is 1.60 bits per heavy atom. The molecular weight excluding hydrogens is 595 g/mol. The molecule has 0 bridgehead atoms. The van der Waals surface area contributed by atoms with Crippen molar-refractivity contribution in [1.29, 1.82) is 0 Å². The largest absolute Gasteiger partial charge is 0.456 e. The van der Waals surface area contributed by atoms with Crippen LogP contribution in [-0.4, -0.2) is 62.1 Å². The van der Waals surface area contributed by atoms with Gasteiger partial charge in [0, 0.05) is 12.2 Å². The van der Waals surface area contributed by atoms with E-state index in [2.05, 4.69) is 15.3 Å². The van der Waals surface area contributed by atoms with Crippen molar-refractivity contribution in [3.8, 4) is 11.5 Å². The summed E-state index contributed by atoms with van der Waals surface area (Å²) in [7, 11) is -3.76. The van der Waals surface area contributed by atoms with Gasteiger partial charge in [-0.15, -0.1) is 0 Å². The van der Waals surface area contributed by atoms with E-state index in [1.165, 1.54) is 12.8 Å². The molecule has 1 aliphatic heterocycles. The minimum atomic E-state index is -3.76. The standard InChI is InChI=1S/C30H34ClN4O7P/c31-30-33-27(32-20-9-7-8-10-20)23-15-17-35(28(23)34-30)29-26(37)25(36)24(40-29)16-18-39-19-43(38,41-21-11-3-1-4-12-21)42-22-13-5-2-6-14-22/h1-6,11-15,17,20,24-26,29,36-37H,7-10,16,18-19H2,(H,32,33,34)/t24-,25-,26-,29-/m1/s1. The van der Waals surface area contributed by atoms with E-state index in [0.717, 1.165) is 18.2 Å². The lowest BCUT2D eigenvalue weighted by molar-refractivity contribution is -0.0428. The lowest BCUT2D eigenvalue weighted by Gasteiger charge is -2.21. The summed E-state index contributed by atoms with van der Waals surface area (Å²) >= 11 is 6.27. The molecule has 3 heterocycles. The number of halogens is 1. The zero-order valence-electron chi connectivity index (χ0n) is 23.4. The van der Waals surface area contributed by atoms with Gasteiger partial charge in [-0.3, -0.25) is 0 Å². The van der Waals surface area contributed by atoms with Gasteiger partial charge in [-0.25, -0.2) is 9.55 Å². The van der Waals surface area contributed by atoms with Crippen LogP contribution in [0.4, 0.5) is 5.82 Å². The summed E-state index contributed by atoms with van der Waals surface area (Å²) in [5.41, 5.74) is 0.491. The minimum absolute atomic E-state index is 0.0668. The van der Waals surface area contributed by atoms with Crippen molar-refractivity contribution in [3.63, 3.8) is 0 Å². The number of para-hydroxylation sites is 2. The van der Waals surface area contributed by atoms with Crippen molar-refractivity contribution >= 4 is 36.0 Å². The molecular formula is C30H34ClN4O7P. The zero-order chi connectivity index (χ0) is 29.8. The molecule has 1 saturated carbocycles. The maximum atomic E-state index is 13.6. The first-order valence-corrected chi connectivity index (χ1v) is 16.5. The monoisotopic (exact) mass is 628 g/mol. The molecule has 0 unspecified atom stereocenters. The summed E-state index contributed by atoms with van der Waals surface area (Å²) in [6, 6.07) is 19.6. The van der Waals surface area contributed by atoms with Crippen LogP contribution in [-0.2, 0) is 14.0 Å². The van der Waals surface area contributed by atoms with Crippen LogP contribution in [0.3, 0.4) is 0 Å². The summed E-state index contributed by atoms with van der Waals surface area (Å²) in [6.45, 7) is 0.0668. The normalized spacial score (nSPS) is 22.7. The Bertz CT molecular complexity index is 1510. The molecule has 2 aliphatic rings. The number of aliphatic hydroxyl groups is 2. The van der Waals surface area contributed by atoms with Crippen LogP contribution in [0.2, 0.25) is 5.28 Å². The fraction of sp³-hybridized carbons (Fsp3) is 0.400. The Morgan fingerprint density at radius 1 is 0.953 bits per heavy atom. The van der Waals surface area contributed by atoms with E-state index >= 15 is 0 Å². The number of ether oxygens (including phenoxy) is 2. The van der Waals surface area contributed by atoms with Crippen molar-refractivity contribution in [2.24, 2.45) is 0 Å². The van der Waals surface area contributed by atoms with Gasteiger partial charge in [0.25, 0.3) is 0 Å². The molecule has 0 amide bonds. The van der Waals surface area contributed by atoms with Crippen molar-refractivity contribution in [2.75, 3.05) is 18.3 Å². The predicted molar refractivity (Wildman–Crippen MR) is 162 cm³/mol. The number of aliphatic hydroxyl groups excluding tert-OH is 2. The lowest BCUT2D eigenvalue weighted by Crippen LogP contribution is -2.32. The second kappa shape index (κ2) is 13.2. The van der Waals surface area contributed by atoms with Crippen LogP contribution < -0.4 is 14.4 Å². The molecule has 1 aliphatic carbocycles. The maximum absolute atomic E-state index is 13.6. The predicted octanol–water partition coefficient (Wildman–Crippen LogP) is 5.77. The van der Waals surface area contributed by atoms with Crippen molar-refractivity contribution in [1.82, 2.24) is 14.5 Å². The number of rotatable bonds is 12. The van der Waals surface area contributed by atoms with Crippen LogP contribution in [0.1, 0.15) is 38.3 Å². The molecule has 1 saturated heterocycles. The van der Waals surface area contributed by atoms with Crippen molar-refractivity contribution < 1.29 is 33.3 Å². The summed E-state index contributed by atoms with van der Waals surface area (Å²) in [6.07, 6.45) is 2.02. The Hall–Kier alpha value is -3.18. The van der Waals surface area contributed by atoms with E-state index in [-0.39, 0.29) is 24.7 Å². The fourth-order valence-corrected chi connectivity index (χ4v) is 7.06. The molecule has 4 atom stereocenters. The van der Waals surface area contributed by atoms with Gasteiger partial charge in [0.1, 0.15) is 35.2 Å². The van der Waals surface area contributed by atoms with E-state index in [1.54, 1.807) is 59.3 Å². The van der Waals surface area contributed by atoms with E-state index in [4.69, 9.17) is 30.1 Å². The highest BCUT2D eigenvalue weighted by molar-refractivity contribution is 7.54. The third-order valence-corrected chi connectivity index (χ3v) is 9.27. The lowest BCUT2D eigenvalue weighted by atomic mass is 10.1. The highest BCUT2D eigenvalue weighted by atomic mass is 35.5. The van der Waals surface area contributed by atoms with Crippen molar-refractivity contribution in [2.45, 2.75) is 62.7 Å². The second-order valence-corrected chi connectivity index (χ2v) is 12.9. The van der Waals surface area contributed by atoms with E-state index in [9.17, 15) is 14.8 Å². The third kappa shape index (κ3) is 6.98. The molecule has 6 rings (SSSR count). The van der Waals surface area contributed by atoms with Gasteiger partial charge in [-0.2, -0.15) is 4.98 Å². The Morgan fingerprint density at radius 3 is 2.26 bits per heavy atom. The number of nitrogens with zero attached hydrogens (tertiary/aromatic N) is 3. The molecule has 3 N–H and O–H groups in total. The molecule has 43 heavy (non-hydrogen) atoms. The average Bonchev–Trinajstić information content (AvgIpc) is 3.73. The second-order valence-electron chi connectivity index (χ2n) is 10.7.